The minimum absolute atomic E-state index is 0.0918. The van der Waals surface area contributed by atoms with E-state index in [-0.39, 0.29) is 18.4 Å². The SMILES string of the molecule is Cc1ccc(CCC(=O)N2CCN(C(=O)[C@H]3COc4ccccc4O3)CC2)cc1Cl. The highest BCUT2D eigenvalue weighted by Gasteiger charge is 2.33. The van der Waals surface area contributed by atoms with Gasteiger partial charge >= 0.3 is 0 Å². The van der Waals surface area contributed by atoms with Gasteiger partial charge in [0.2, 0.25) is 12.0 Å². The van der Waals surface area contributed by atoms with Gasteiger partial charge in [-0.05, 0) is 42.7 Å². The second kappa shape index (κ2) is 8.96. The van der Waals surface area contributed by atoms with Crippen molar-refractivity contribution in [3.63, 3.8) is 0 Å². The van der Waals surface area contributed by atoms with E-state index in [1.54, 1.807) is 11.0 Å². The van der Waals surface area contributed by atoms with Crippen LogP contribution in [0.4, 0.5) is 0 Å². The van der Waals surface area contributed by atoms with E-state index in [2.05, 4.69) is 0 Å². The molecule has 0 bridgehead atoms. The summed E-state index contributed by atoms with van der Waals surface area (Å²) in [6.45, 7) is 4.23. The van der Waals surface area contributed by atoms with Crippen LogP contribution in [-0.2, 0) is 16.0 Å². The van der Waals surface area contributed by atoms with E-state index >= 15 is 0 Å². The molecule has 0 saturated carbocycles. The molecule has 30 heavy (non-hydrogen) atoms. The number of benzene rings is 2. The van der Waals surface area contributed by atoms with Crippen LogP contribution in [0.5, 0.6) is 11.5 Å². The van der Waals surface area contributed by atoms with Gasteiger partial charge in [0, 0.05) is 37.6 Å². The van der Waals surface area contributed by atoms with E-state index in [1.807, 2.05) is 48.2 Å². The summed E-state index contributed by atoms with van der Waals surface area (Å²) in [5.41, 5.74) is 2.09. The molecule has 1 fully saturated rings. The van der Waals surface area contributed by atoms with Gasteiger partial charge in [-0.2, -0.15) is 0 Å². The number of carbonyl (C=O) groups excluding carboxylic acids is 2. The van der Waals surface area contributed by atoms with Crippen LogP contribution in [0, 0.1) is 6.92 Å². The first-order chi connectivity index (χ1) is 14.5. The molecule has 7 heteroatoms. The largest absolute Gasteiger partial charge is 0.485 e. The Kier molecular flexibility index (Phi) is 6.13. The van der Waals surface area contributed by atoms with Crippen LogP contribution < -0.4 is 9.47 Å². The fourth-order valence-corrected chi connectivity index (χ4v) is 3.93. The van der Waals surface area contributed by atoms with Gasteiger partial charge < -0.3 is 19.3 Å². The van der Waals surface area contributed by atoms with Crippen molar-refractivity contribution in [2.24, 2.45) is 0 Å². The van der Waals surface area contributed by atoms with Crippen LogP contribution in [-0.4, -0.2) is 60.5 Å². The number of fused-ring (bicyclic) bond motifs is 1. The smallest absolute Gasteiger partial charge is 0.267 e. The predicted octanol–water partition coefficient (Wildman–Crippen LogP) is 3.09. The Labute approximate surface area is 181 Å². The van der Waals surface area contributed by atoms with Crippen LogP contribution in [0.1, 0.15) is 17.5 Å². The lowest BCUT2D eigenvalue weighted by Gasteiger charge is -2.37. The number of aryl methyl sites for hydroxylation is 2. The Hall–Kier alpha value is -2.73. The topological polar surface area (TPSA) is 59.1 Å². The van der Waals surface area contributed by atoms with Gasteiger partial charge in [0.25, 0.3) is 5.91 Å². The highest BCUT2D eigenvalue weighted by Crippen LogP contribution is 2.31. The van der Waals surface area contributed by atoms with E-state index in [4.69, 9.17) is 21.1 Å². The summed E-state index contributed by atoms with van der Waals surface area (Å²) in [5, 5.41) is 0.726. The Morgan fingerprint density at radius 1 is 1.03 bits per heavy atom. The zero-order valence-electron chi connectivity index (χ0n) is 17.0. The molecular weight excluding hydrogens is 404 g/mol. The third-order valence-electron chi connectivity index (χ3n) is 5.59. The molecule has 0 spiro atoms. The van der Waals surface area contributed by atoms with E-state index in [0.29, 0.717) is 50.5 Å². The number of rotatable bonds is 4. The number of carbonyl (C=O) groups is 2. The van der Waals surface area contributed by atoms with E-state index in [9.17, 15) is 9.59 Å². The first-order valence-corrected chi connectivity index (χ1v) is 10.6. The van der Waals surface area contributed by atoms with Crippen molar-refractivity contribution in [1.29, 1.82) is 0 Å². The molecule has 2 amide bonds. The quantitative estimate of drug-likeness (QED) is 0.750. The van der Waals surface area contributed by atoms with Crippen LogP contribution in [0.2, 0.25) is 5.02 Å². The number of piperazine rings is 1. The van der Waals surface area contributed by atoms with Gasteiger partial charge in [0.15, 0.2) is 11.5 Å². The van der Waals surface area contributed by atoms with Crippen molar-refractivity contribution in [2.45, 2.75) is 25.9 Å². The van der Waals surface area contributed by atoms with Gasteiger partial charge in [-0.1, -0.05) is 35.9 Å². The monoisotopic (exact) mass is 428 g/mol. The summed E-state index contributed by atoms with van der Waals surface area (Å²) in [6, 6.07) is 13.2. The number of amides is 2. The molecule has 0 aliphatic carbocycles. The van der Waals surface area contributed by atoms with Crippen molar-refractivity contribution >= 4 is 23.4 Å². The van der Waals surface area contributed by atoms with Crippen molar-refractivity contribution in [1.82, 2.24) is 9.80 Å². The molecular formula is C23H25ClN2O4. The average molecular weight is 429 g/mol. The number of halogens is 1. The van der Waals surface area contributed by atoms with Crippen molar-refractivity contribution < 1.29 is 19.1 Å². The zero-order chi connectivity index (χ0) is 21.1. The van der Waals surface area contributed by atoms with E-state index in [0.717, 1.165) is 16.1 Å². The molecule has 0 aromatic heterocycles. The maximum atomic E-state index is 12.8. The third kappa shape index (κ3) is 4.54. The highest BCUT2D eigenvalue weighted by molar-refractivity contribution is 6.31. The summed E-state index contributed by atoms with van der Waals surface area (Å²) < 4.78 is 11.5. The van der Waals surface area contributed by atoms with E-state index in [1.165, 1.54) is 0 Å². The fraction of sp³-hybridized carbons (Fsp3) is 0.391. The van der Waals surface area contributed by atoms with E-state index < -0.39 is 6.10 Å². The molecule has 158 valence electrons. The first-order valence-electron chi connectivity index (χ1n) is 10.2. The van der Waals surface area contributed by atoms with Gasteiger partial charge in [0.05, 0.1) is 0 Å². The predicted molar refractivity (Wildman–Crippen MR) is 114 cm³/mol. The van der Waals surface area contributed by atoms with Crippen molar-refractivity contribution in [2.75, 3.05) is 32.8 Å². The minimum atomic E-state index is -0.645. The lowest BCUT2D eigenvalue weighted by atomic mass is 10.1. The first kappa shape index (κ1) is 20.5. The molecule has 2 heterocycles. The van der Waals surface area contributed by atoms with Crippen molar-refractivity contribution in [3.8, 4) is 11.5 Å². The molecule has 1 atom stereocenters. The maximum absolute atomic E-state index is 12.8. The Balaban J connectivity index is 1.25. The highest BCUT2D eigenvalue weighted by atomic mass is 35.5. The molecule has 2 aromatic rings. The zero-order valence-corrected chi connectivity index (χ0v) is 17.7. The summed E-state index contributed by atoms with van der Waals surface area (Å²) >= 11 is 6.16. The Morgan fingerprint density at radius 2 is 1.73 bits per heavy atom. The van der Waals surface area contributed by atoms with Gasteiger partial charge in [0.1, 0.15) is 6.61 Å². The number of ether oxygens (including phenoxy) is 2. The summed E-state index contributed by atoms with van der Waals surface area (Å²) in [7, 11) is 0. The molecule has 2 aliphatic rings. The van der Waals surface area contributed by atoms with Crippen LogP contribution in [0.3, 0.4) is 0 Å². The number of hydrogen-bond acceptors (Lipinski definition) is 4. The normalized spacial score (nSPS) is 18.3. The molecule has 4 rings (SSSR count). The molecule has 0 unspecified atom stereocenters. The maximum Gasteiger partial charge on any atom is 0.267 e. The Morgan fingerprint density at radius 3 is 2.47 bits per heavy atom. The van der Waals surface area contributed by atoms with Crippen LogP contribution in [0.25, 0.3) is 0 Å². The second-order valence-electron chi connectivity index (χ2n) is 7.65. The van der Waals surface area contributed by atoms with Crippen LogP contribution >= 0.6 is 11.6 Å². The summed E-state index contributed by atoms with van der Waals surface area (Å²) in [4.78, 5) is 29.0. The molecule has 6 nitrogen and oxygen atoms in total. The standard InChI is InChI=1S/C23H25ClN2O4/c1-16-6-7-17(14-18(16)24)8-9-22(27)25-10-12-26(13-11-25)23(28)21-15-29-19-4-2-3-5-20(19)30-21/h2-7,14,21H,8-13,15H2,1H3/t21-/m1/s1. The molecule has 1 saturated heterocycles. The van der Waals surface area contributed by atoms with Gasteiger partial charge in [-0.15, -0.1) is 0 Å². The lowest BCUT2D eigenvalue weighted by Crippen LogP contribution is -2.55. The van der Waals surface area contributed by atoms with Gasteiger partial charge in [-0.3, -0.25) is 9.59 Å². The molecule has 2 aliphatic heterocycles. The number of para-hydroxylation sites is 2. The number of hydrogen-bond donors (Lipinski definition) is 0. The van der Waals surface area contributed by atoms with Gasteiger partial charge in [-0.25, -0.2) is 0 Å². The molecule has 0 radical (unpaired) electrons. The lowest BCUT2D eigenvalue weighted by molar-refractivity contribution is -0.146. The second-order valence-corrected chi connectivity index (χ2v) is 8.06. The third-order valence-corrected chi connectivity index (χ3v) is 6.00. The summed E-state index contributed by atoms with van der Waals surface area (Å²) in [6.07, 6.45) is 0.447. The number of nitrogens with zero attached hydrogens (tertiary/aromatic N) is 2. The Bertz CT molecular complexity index is 941. The fourth-order valence-electron chi connectivity index (χ4n) is 3.72. The van der Waals surface area contributed by atoms with Crippen molar-refractivity contribution in [3.05, 3.63) is 58.6 Å². The summed E-state index contributed by atoms with van der Waals surface area (Å²) in [5.74, 6) is 1.26. The molecule has 0 N–H and O–H groups in total. The molecule has 2 aromatic carbocycles. The minimum Gasteiger partial charge on any atom is -0.485 e. The average Bonchev–Trinajstić information content (AvgIpc) is 2.79. The van der Waals surface area contributed by atoms with Crippen LogP contribution in [0.15, 0.2) is 42.5 Å².